The summed E-state index contributed by atoms with van der Waals surface area (Å²) in [7, 11) is 0. The maximum Gasteiger partial charge on any atom is 0.118 e. The van der Waals surface area contributed by atoms with Crippen molar-refractivity contribution in [3.8, 4) is 11.5 Å². The van der Waals surface area contributed by atoms with E-state index in [0.29, 0.717) is 5.75 Å². The van der Waals surface area contributed by atoms with Crippen molar-refractivity contribution in [3.63, 3.8) is 0 Å². The van der Waals surface area contributed by atoms with Crippen LogP contribution >= 0.6 is 0 Å². The summed E-state index contributed by atoms with van der Waals surface area (Å²) in [5.41, 5.74) is 3.10. The predicted molar refractivity (Wildman–Crippen MR) is 77.7 cm³/mol. The van der Waals surface area contributed by atoms with Gasteiger partial charge in [0.1, 0.15) is 11.5 Å². The minimum Gasteiger partial charge on any atom is -0.508 e. The zero-order chi connectivity index (χ0) is 14.0. The van der Waals surface area contributed by atoms with Gasteiger partial charge in [-0.3, -0.25) is 0 Å². The summed E-state index contributed by atoms with van der Waals surface area (Å²) in [6.45, 7) is 6.32. The van der Waals surface area contributed by atoms with Crippen LogP contribution in [0.15, 0.2) is 42.5 Å². The maximum absolute atomic E-state index is 9.77. The second-order valence-electron chi connectivity index (χ2n) is 5.37. The third kappa shape index (κ3) is 3.24. The summed E-state index contributed by atoms with van der Waals surface area (Å²) < 4.78 is 0. The monoisotopic (exact) mass is 440 g/mol. The molecule has 0 aliphatic carbocycles. The van der Waals surface area contributed by atoms with Crippen molar-refractivity contribution in [1.82, 2.24) is 0 Å². The molecule has 0 aliphatic rings. The molecular weight excluding hydrogens is 420 g/mol. The Balaban J connectivity index is 0.00000200. The van der Waals surface area contributed by atoms with E-state index in [4.69, 9.17) is 0 Å². The molecule has 106 valence electrons. The van der Waals surface area contributed by atoms with Gasteiger partial charge in [-0.15, -0.1) is 0 Å². The Morgan fingerprint density at radius 3 is 2.00 bits per heavy atom. The predicted octanol–water partition coefficient (Wildman–Crippen LogP) is 3.98. The average Bonchev–Trinajstić information content (AvgIpc) is 2.39. The molecule has 0 heterocycles. The van der Waals surface area contributed by atoms with Gasteiger partial charge in [-0.2, -0.15) is 0 Å². The van der Waals surface area contributed by atoms with Crippen LogP contribution in [0.1, 0.15) is 37.5 Å². The second kappa shape index (κ2) is 6.45. The minimum atomic E-state index is -0.161. The van der Waals surface area contributed by atoms with Crippen LogP contribution in [0, 0.1) is 0 Å². The Kier molecular flexibility index (Phi) is 5.41. The third-order valence-corrected chi connectivity index (χ3v) is 3.77. The molecule has 0 atom stereocenters. The molecule has 0 amide bonds. The van der Waals surface area contributed by atoms with E-state index < -0.39 is 0 Å². The van der Waals surface area contributed by atoms with Gasteiger partial charge in [0.2, 0.25) is 0 Å². The van der Waals surface area contributed by atoms with Gasteiger partial charge in [0.25, 0.3) is 0 Å². The standard InChI is InChI=1S/C17H20O2.W/c1-4-12-11-14(7-10-16(12)19)17(2,3)13-5-8-15(18)9-6-13;/h5-11,18-19H,4H2,1-3H3;. The molecule has 2 aromatic rings. The summed E-state index contributed by atoms with van der Waals surface area (Å²) in [5.74, 6) is 0.632. The quantitative estimate of drug-likeness (QED) is 0.759. The van der Waals surface area contributed by atoms with E-state index in [1.54, 1.807) is 18.2 Å². The summed E-state index contributed by atoms with van der Waals surface area (Å²) in [6, 6.07) is 13.1. The Morgan fingerprint density at radius 2 is 1.45 bits per heavy atom. The van der Waals surface area contributed by atoms with Crippen molar-refractivity contribution in [1.29, 1.82) is 0 Å². The van der Waals surface area contributed by atoms with Crippen molar-refractivity contribution < 1.29 is 31.3 Å². The topological polar surface area (TPSA) is 40.5 Å². The summed E-state index contributed by atoms with van der Waals surface area (Å²) >= 11 is 0. The zero-order valence-corrected chi connectivity index (χ0v) is 15.0. The van der Waals surface area contributed by atoms with E-state index in [1.807, 2.05) is 25.1 Å². The summed E-state index contributed by atoms with van der Waals surface area (Å²) in [5, 5.41) is 19.2. The van der Waals surface area contributed by atoms with Crippen molar-refractivity contribution >= 4 is 0 Å². The van der Waals surface area contributed by atoms with Crippen LogP contribution in [0.3, 0.4) is 0 Å². The molecule has 2 rings (SSSR count). The Labute approximate surface area is 134 Å². The molecule has 0 fully saturated rings. The Hall–Kier alpha value is -1.27. The normalized spacial score (nSPS) is 10.9. The average molecular weight is 440 g/mol. The number of benzene rings is 2. The van der Waals surface area contributed by atoms with Crippen LogP contribution < -0.4 is 0 Å². The number of aryl methyl sites for hydroxylation is 1. The van der Waals surface area contributed by atoms with E-state index in [0.717, 1.165) is 23.1 Å². The van der Waals surface area contributed by atoms with Gasteiger partial charge in [0, 0.05) is 26.5 Å². The molecule has 0 aromatic heterocycles. The molecule has 0 aliphatic heterocycles. The van der Waals surface area contributed by atoms with Gasteiger partial charge in [-0.25, -0.2) is 0 Å². The SMILES string of the molecule is CCc1cc(C(C)(C)c2ccc(O)cc2)ccc1O.[W]. The molecule has 0 bridgehead atoms. The fraction of sp³-hybridized carbons (Fsp3) is 0.294. The van der Waals surface area contributed by atoms with Crippen LogP contribution in [0.2, 0.25) is 0 Å². The van der Waals surface area contributed by atoms with E-state index >= 15 is 0 Å². The minimum absolute atomic E-state index is 0. The van der Waals surface area contributed by atoms with Gasteiger partial charge in [-0.1, -0.05) is 45.0 Å². The van der Waals surface area contributed by atoms with Crippen LogP contribution in [-0.2, 0) is 32.9 Å². The Morgan fingerprint density at radius 1 is 0.900 bits per heavy atom. The van der Waals surface area contributed by atoms with E-state index in [9.17, 15) is 10.2 Å². The van der Waals surface area contributed by atoms with Crippen molar-refractivity contribution in [2.45, 2.75) is 32.6 Å². The number of hydrogen-bond donors (Lipinski definition) is 2. The molecule has 3 heteroatoms. The van der Waals surface area contributed by atoms with Crippen LogP contribution in [0.25, 0.3) is 0 Å². The Bertz CT molecular complexity index is 574. The van der Waals surface area contributed by atoms with Crippen LogP contribution in [0.4, 0.5) is 0 Å². The molecule has 20 heavy (non-hydrogen) atoms. The van der Waals surface area contributed by atoms with Crippen molar-refractivity contribution in [3.05, 3.63) is 59.2 Å². The zero-order valence-electron chi connectivity index (χ0n) is 12.1. The first-order chi connectivity index (χ1) is 8.95. The summed E-state index contributed by atoms with van der Waals surface area (Å²) in [6.07, 6.45) is 0.811. The molecule has 2 N–H and O–H groups in total. The van der Waals surface area contributed by atoms with Gasteiger partial charge >= 0.3 is 0 Å². The van der Waals surface area contributed by atoms with E-state index in [2.05, 4.69) is 19.9 Å². The number of hydrogen-bond acceptors (Lipinski definition) is 2. The molecule has 0 unspecified atom stereocenters. The number of aromatic hydroxyl groups is 2. The number of rotatable bonds is 3. The third-order valence-electron chi connectivity index (χ3n) is 3.77. The molecule has 0 spiro atoms. The molecule has 0 saturated heterocycles. The first-order valence-corrected chi connectivity index (χ1v) is 6.57. The number of phenols is 2. The van der Waals surface area contributed by atoms with Crippen molar-refractivity contribution in [2.24, 2.45) is 0 Å². The molecule has 0 radical (unpaired) electrons. The van der Waals surface area contributed by atoms with Crippen LogP contribution in [0.5, 0.6) is 11.5 Å². The fourth-order valence-electron chi connectivity index (χ4n) is 2.30. The number of phenolic OH excluding ortho intramolecular Hbond substituents is 2. The first kappa shape index (κ1) is 16.8. The van der Waals surface area contributed by atoms with Gasteiger partial charge in [0.15, 0.2) is 0 Å². The van der Waals surface area contributed by atoms with Gasteiger partial charge in [0.05, 0.1) is 0 Å². The molecule has 2 nitrogen and oxygen atoms in total. The first-order valence-electron chi connectivity index (χ1n) is 6.57. The van der Waals surface area contributed by atoms with E-state index in [-0.39, 0.29) is 32.2 Å². The molecule has 0 saturated carbocycles. The second-order valence-corrected chi connectivity index (χ2v) is 5.37. The molecule has 2 aromatic carbocycles. The summed E-state index contributed by atoms with van der Waals surface area (Å²) in [4.78, 5) is 0. The molecular formula is C17H20O2W. The van der Waals surface area contributed by atoms with Gasteiger partial charge in [-0.05, 0) is 41.3 Å². The maximum atomic E-state index is 9.77. The fourth-order valence-corrected chi connectivity index (χ4v) is 2.30. The smallest absolute Gasteiger partial charge is 0.118 e. The van der Waals surface area contributed by atoms with E-state index in [1.165, 1.54) is 0 Å². The van der Waals surface area contributed by atoms with Crippen molar-refractivity contribution in [2.75, 3.05) is 0 Å². The largest absolute Gasteiger partial charge is 0.508 e. The van der Waals surface area contributed by atoms with Crippen LogP contribution in [-0.4, -0.2) is 10.2 Å². The van der Waals surface area contributed by atoms with Gasteiger partial charge < -0.3 is 10.2 Å².